The molecule has 0 unspecified atom stereocenters. The van der Waals surface area contributed by atoms with Gasteiger partial charge in [-0.3, -0.25) is 9.59 Å². The zero-order valence-electron chi connectivity index (χ0n) is 15.5. The number of aromatic nitrogens is 2. The molecule has 4 aromatic rings. The molecule has 3 N–H and O–H groups in total. The van der Waals surface area contributed by atoms with Crippen LogP contribution >= 0.6 is 0 Å². The number of aromatic hydroxyl groups is 2. The third kappa shape index (κ3) is 3.41. The van der Waals surface area contributed by atoms with Gasteiger partial charge in [0.1, 0.15) is 5.75 Å². The Bertz CT molecular complexity index is 1310. The molecule has 7 heteroatoms. The van der Waals surface area contributed by atoms with Crippen molar-refractivity contribution in [2.24, 2.45) is 0 Å². The fourth-order valence-electron chi connectivity index (χ4n) is 3.14. The fourth-order valence-corrected chi connectivity index (χ4v) is 3.14. The number of rotatable bonds is 3. The number of nitrogens with zero attached hydrogens (tertiary/aromatic N) is 2. The zero-order chi connectivity index (χ0) is 20.5. The summed E-state index contributed by atoms with van der Waals surface area (Å²) < 4.78 is 1.07. The second-order valence-electron chi connectivity index (χ2n) is 6.60. The third-order valence-corrected chi connectivity index (χ3v) is 4.52. The minimum Gasteiger partial charge on any atom is -0.507 e. The molecule has 7 nitrogen and oxygen atoms in total. The molecule has 0 saturated heterocycles. The number of nitrogens with one attached hydrogen (secondary N) is 1. The standard InChI is InChI=1S/C22H17N3O4/c1-13-5-2-6-14(11-13)25-20(28)12-19(27)21(24-25)22(29)23-17-9-3-8-16-15(17)7-4-10-18(16)26/h2-12,26-27H,1H3,(H,23,29). The summed E-state index contributed by atoms with van der Waals surface area (Å²) in [6.45, 7) is 1.87. The summed E-state index contributed by atoms with van der Waals surface area (Å²) >= 11 is 0. The van der Waals surface area contributed by atoms with Crippen molar-refractivity contribution in [3.05, 3.63) is 88.3 Å². The molecule has 0 fully saturated rings. The first-order valence-electron chi connectivity index (χ1n) is 8.86. The van der Waals surface area contributed by atoms with Crippen LogP contribution in [0.1, 0.15) is 16.1 Å². The van der Waals surface area contributed by atoms with Gasteiger partial charge in [-0.2, -0.15) is 9.78 Å². The molecule has 29 heavy (non-hydrogen) atoms. The summed E-state index contributed by atoms with van der Waals surface area (Å²) in [7, 11) is 0. The Morgan fingerprint density at radius 1 is 0.931 bits per heavy atom. The molecule has 0 aliphatic rings. The molecule has 0 aliphatic carbocycles. The Hall–Kier alpha value is -4.13. The summed E-state index contributed by atoms with van der Waals surface area (Å²) in [6.07, 6.45) is 0. The first-order valence-corrected chi connectivity index (χ1v) is 8.86. The first kappa shape index (κ1) is 18.2. The number of hydrogen-bond acceptors (Lipinski definition) is 5. The van der Waals surface area contributed by atoms with Gasteiger partial charge in [-0.1, -0.05) is 36.4 Å². The molecule has 0 radical (unpaired) electrons. The molecular weight excluding hydrogens is 370 g/mol. The number of fused-ring (bicyclic) bond motifs is 1. The van der Waals surface area contributed by atoms with E-state index in [4.69, 9.17) is 0 Å². The second kappa shape index (κ2) is 7.12. The van der Waals surface area contributed by atoms with Crippen molar-refractivity contribution in [3.8, 4) is 17.2 Å². The zero-order valence-corrected chi connectivity index (χ0v) is 15.5. The highest BCUT2D eigenvalue weighted by molar-refractivity contribution is 6.10. The van der Waals surface area contributed by atoms with Crippen molar-refractivity contribution in [1.29, 1.82) is 0 Å². The summed E-state index contributed by atoms with van der Waals surface area (Å²) in [5.41, 5.74) is 1.01. The molecular formula is C22H17N3O4. The SMILES string of the molecule is Cc1cccc(-n2nc(C(=O)Nc3cccc4c(O)cccc34)c(O)cc2=O)c1. The Morgan fingerprint density at radius 3 is 2.45 bits per heavy atom. The van der Waals surface area contributed by atoms with Crippen LogP contribution in [0.3, 0.4) is 0 Å². The first-order chi connectivity index (χ1) is 13.9. The van der Waals surface area contributed by atoms with Crippen molar-refractivity contribution in [2.45, 2.75) is 6.92 Å². The molecule has 3 aromatic carbocycles. The van der Waals surface area contributed by atoms with Crippen LogP contribution in [0.25, 0.3) is 16.5 Å². The van der Waals surface area contributed by atoms with Crippen LogP contribution in [-0.2, 0) is 0 Å². The average Bonchev–Trinajstić information content (AvgIpc) is 2.69. The lowest BCUT2D eigenvalue weighted by molar-refractivity contribution is 0.101. The van der Waals surface area contributed by atoms with Crippen LogP contribution in [-0.4, -0.2) is 25.9 Å². The topological polar surface area (TPSA) is 104 Å². The Labute approximate surface area is 165 Å². The van der Waals surface area contributed by atoms with Gasteiger partial charge in [-0.25, -0.2) is 0 Å². The van der Waals surface area contributed by atoms with Crippen LogP contribution in [0.5, 0.6) is 11.5 Å². The van der Waals surface area contributed by atoms with Gasteiger partial charge in [0, 0.05) is 22.5 Å². The van der Waals surface area contributed by atoms with Gasteiger partial charge >= 0.3 is 0 Å². The number of carbonyl (C=O) groups is 1. The molecule has 4 rings (SSSR count). The Balaban J connectivity index is 1.76. The van der Waals surface area contributed by atoms with Crippen molar-refractivity contribution in [2.75, 3.05) is 5.32 Å². The van der Waals surface area contributed by atoms with Crippen molar-refractivity contribution in [3.63, 3.8) is 0 Å². The molecule has 0 atom stereocenters. The molecule has 1 heterocycles. The number of phenols is 1. The van der Waals surface area contributed by atoms with Crippen LogP contribution in [0.2, 0.25) is 0 Å². The summed E-state index contributed by atoms with van der Waals surface area (Å²) in [5.74, 6) is -1.10. The maximum atomic E-state index is 12.8. The van der Waals surface area contributed by atoms with Gasteiger partial charge in [0.25, 0.3) is 11.5 Å². The van der Waals surface area contributed by atoms with Gasteiger partial charge in [0.2, 0.25) is 0 Å². The maximum Gasteiger partial charge on any atom is 0.280 e. The monoisotopic (exact) mass is 387 g/mol. The minimum atomic E-state index is -0.681. The third-order valence-electron chi connectivity index (χ3n) is 4.52. The largest absolute Gasteiger partial charge is 0.507 e. The summed E-state index contributed by atoms with van der Waals surface area (Å²) in [5, 5.41) is 28.1. The Kier molecular flexibility index (Phi) is 4.48. The van der Waals surface area contributed by atoms with E-state index in [0.717, 1.165) is 16.3 Å². The van der Waals surface area contributed by atoms with E-state index in [2.05, 4.69) is 10.4 Å². The predicted molar refractivity (Wildman–Crippen MR) is 110 cm³/mol. The van der Waals surface area contributed by atoms with E-state index in [1.165, 1.54) is 0 Å². The highest BCUT2D eigenvalue weighted by Gasteiger charge is 2.18. The average molecular weight is 387 g/mol. The highest BCUT2D eigenvalue weighted by atomic mass is 16.3. The predicted octanol–water partition coefficient (Wildman–Crippen LogP) is 3.36. The smallest absolute Gasteiger partial charge is 0.280 e. The van der Waals surface area contributed by atoms with Crippen LogP contribution in [0.4, 0.5) is 5.69 Å². The lowest BCUT2D eigenvalue weighted by Gasteiger charge is -2.12. The fraction of sp³-hybridized carbons (Fsp3) is 0.0455. The van der Waals surface area contributed by atoms with E-state index in [9.17, 15) is 19.8 Å². The van der Waals surface area contributed by atoms with Crippen molar-refractivity contribution >= 4 is 22.4 Å². The van der Waals surface area contributed by atoms with Gasteiger partial charge in [-0.15, -0.1) is 0 Å². The number of carbonyl (C=O) groups excluding carboxylic acids is 1. The van der Waals surface area contributed by atoms with Crippen LogP contribution in [0, 0.1) is 6.92 Å². The number of phenolic OH excluding ortho intramolecular Hbond substituents is 1. The summed E-state index contributed by atoms with van der Waals surface area (Å²) in [4.78, 5) is 25.1. The molecule has 0 aliphatic heterocycles. The van der Waals surface area contributed by atoms with E-state index < -0.39 is 17.2 Å². The van der Waals surface area contributed by atoms with E-state index in [1.807, 2.05) is 13.0 Å². The number of benzene rings is 3. The molecule has 144 valence electrons. The van der Waals surface area contributed by atoms with Crippen LogP contribution < -0.4 is 10.9 Å². The quantitative estimate of drug-likeness (QED) is 0.500. The van der Waals surface area contributed by atoms with E-state index in [0.29, 0.717) is 22.1 Å². The molecule has 0 bridgehead atoms. The number of amides is 1. The second-order valence-corrected chi connectivity index (χ2v) is 6.60. The molecule has 1 amide bonds. The number of anilines is 1. The highest BCUT2D eigenvalue weighted by Crippen LogP contribution is 2.30. The van der Waals surface area contributed by atoms with Gasteiger partial charge < -0.3 is 15.5 Å². The summed E-state index contributed by atoms with van der Waals surface area (Å²) in [6, 6.07) is 18.1. The van der Waals surface area contributed by atoms with Gasteiger partial charge in [-0.05, 0) is 36.8 Å². The normalized spacial score (nSPS) is 10.8. The van der Waals surface area contributed by atoms with E-state index in [-0.39, 0.29) is 11.4 Å². The number of hydrogen-bond donors (Lipinski definition) is 3. The number of aryl methyl sites for hydroxylation is 1. The molecule has 0 saturated carbocycles. The van der Waals surface area contributed by atoms with E-state index >= 15 is 0 Å². The molecule has 1 aromatic heterocycles. The van der Waals surface area contributed by atoms with Crippen molar-refractivity contribution in [1.82, 2.24) is 9.78 Å². The van der Waals surface area contributed by atoms with Crippen molar-refractivity contribution < 1.29 is 15.0 Å². The lowest BCUT2D eigenvalue weighted by Crippen LogP contribution is -2.25. The lowest BCUT2D eigenvalue weighted by atomic mass is 10.1. The minimum absolute atomic E-state index is 0.0903. The Morgan fingerprint density at radius 2 is 1.66 bits per heavy atom. The maximum absolute atomic E-state index is 12.8. The van der Waals surface area contributed by atoms with Crippen LogP contribution in [0.15, 0.2) is 71.5 Å². The van der Waals surface area contributed by atoms with E-state index in [1.54, 1.807) is 54.6 Å². The molecule has 0 spiro atoms. The van der Waals surface area contributed by atoms with Gasteiger partial charge in [0.05, 0.1) is 5.69 Å². The van der Waals surface area contributed by atoms with Gasteiger partial charge in [0.15, 0.2) is 11.4 Å².